The molecule has 9 rings (SSSR count). The minimum atomic E-state index is -2.10. The molecule has 0 spiro atoms. The van der Waals surface area contributed by atoms with Crippen LogP contribution in [0.2, 0.25) is 0 Å². The van der Waals surface area contributed by atoms with Crippen molar-refractivity contribution in [2.75, 3.05) is 132 Å². The van der Waals surface area contributed by atoms with Crippen molar-refractivity contribution in [1.29, 1.82) is 0 Å². The summed E-state index contributed by atoms with van der Waals surface area (Å²) in [5.41, 5.74) is -9.72. The Kier molecular flexibility index (Phi) is 26.5. The van der Waals surface area contributed by atoms with E-state index in [9.17, 15) is 24.3 Å². The summed E-state index contributed by atoms with van der Waals surface area (Å²) < 4.78 is 108. The van der Waals surface area contributed by atoms with Crippen molar-refractivity contribution in [2.45, 2.75) is 208 Å². The zero-order chi connectivity index (χ0) is 76.6. The second-order valence-electron chi connectivity index (χ2n) is 33.8. The topological polar surface area (TPSA) is 445 Å². The van der Waals surface area contributed by atoms with Crippen LogP contribution in [0.25, 0.3) is 10.4 Å². The second-order valence-corrected chi connectivity index (χ2v) is 33.8. The number of nitrogens with zero attached hydrogens (tertiary/aromatic N) is 3. The molecule has 9 aliphatic heterocycles. The Morgan fingerprint density at radius 2 is 0.505 bits per heavy atom. The Bertz CT molecular complexity index is 3200. The molecular formula is C72H107N3O30. The molecule has 0 saturated carbocycles. The van der Waals surface area contributed by atoms with Gasteiger partial charge in [0, 0.05) is 4.91 Å². The summed E-state index contributed by atoms with van der Waals surface area (Å²) >= 11 is 0. The number of hydrogen-bond donors (Lipinski definition) is 1. The summed E-state index contributed by atoms with van der Waals surface area (Å²) in [6.07, 6.45) is -9.87. The zero-order valence-corrected chi connectivity index (χ0v) is 62.6. The smallest absolute Gasteiger partial charge is 0.311 e. The highest BCUT2D eigenvalue weighted by molar-refractivity contribution is 5.87. The van der Waals surface area contributed by atoms with E-state index in [0.29, 0.717) is 19.8 Å². The lowest BCUT2D eigenvalue weighted by Gasteiger charge is -2.47. The molecule has 105 heavy (non-hydrogen) atoms. The van der Waals surface area contributed by atoms with Gasteiger partial charge >= 0.3 is 59.7 Å². The molecule has 33 heteroatoms. The van der Waals surface area contributed by atoms with Crippen LogP contribution in [0.1, 0.15) is 147 Å². The fourth-order valence-electron chi connectivity index (χ4n) is 14.6. The first-order valence-corrected chi connectivity index (χ1v) is 36.2. The summed E-state index contributed by atoms with van der Waals surface area (Å²) in [7, 11) is 0. The molecule has 9 heterocycles. The predicted molar refractivity (Wildman–Crippen MR) is 356 cm³/mol. The van der Waals surface area contributed by atoms with Crippen molar-refractivity contribution in [1.82, 2.24) is 0 Å². The molecule has 0 bridgehead atoms. The number of epoxide rings is 9. The van der Waals surface area contributed by atoms with Gasteiger partial charge in [-0.1, -0.05) is 5.11 Å². The van der Waals surface area contributed by atoms with Crippen molar-refractivity contribution >= 4 is 59.7 Å². The molecular weight excluding hydrogens is 1390 g/mol. The monoisotopic (exact) mass is 1490 g/mol. The maximum Gasteiger partial charge on any atom is 0.311 e. The quantitative estimate of drug-likeness (QED) is 0.0216. The van der Waals surface area contributed by atoms with E-state index in [0.717, 1.165) is 0 Å². The van der Waals surface area contributed by atoms with Crippen LogP contribution >= 0.6 is 0 Å². The number of azide groups is 1. The minimum absolute atomic E-state index is 0.0401. The number of esters is 10. The number of carbonyl (C=O) groups excluding carboxylic acids is 10. The van der Waals surface area contributed by atoms with E-state index in [-0.39, 0.29) is 131 Å². The van der Waals surface area contributed by atoms with Crippen LogP contribution < -0.4 is 0 Å². The second kappa shape index (κ2) is 33.6. The number of ether oxygens (including phenoxy) is 19. The van der Waals surface area contributed by atoms with E-state index in [1.807, 2.05) is 0 Å². The van der Waals surface area contributed by atoms with E-state index in [4.69, 9.17) is 95.5 Å². The normalized spacial score (nSPS) is 27.7. The van der Waals surface area contributed by atoms with Gasteiger partial charge in [-0.3, -0.25) is 47.9 Å². The molecule has 0 aromatic heterocycles. The molecule has 9 aliphatic rings. The summed E-state index contributed by atoms with van der Waals surface area (Å²) in [5, 5.41) is 13.7. The fourth-order valence-corrected chi connectivity index (χ4v) is 14.6. The summed E-state index contributed by atoms with van der Waals surface area (Å²) in [4.78, 5) is 154. The molecule has 0 aromatic rings. The Labute approximate surface area is 610 Å². The van der Waals surface area contributed by atoms with E-state index in [2.05, 4.69) is 10.0 Å². The fraction of sp³-hybridized carbons (Fsp3) is 0.861. The van der Waals surface area contributed by atoms with Crippen LogP contribution in [0.5, 0.6) is 0 Å². The number of aliphatic hydroxyl groups is 1. The number of rotatable bonds is 51. The molecule has 33 nitrogen and oxygen atoms in total. The summed E-state index contributed by atoms with van der Waals surface area (Å²) in [6.45, 7) is 18.0. The van der Waals surface area contributed by atoms with E-state index in [1.54, 1.807) is 41.5 Å². The zero-order valence-electron chi connectivity index (χ0n) is 62.6. The molecule has 590 valence electrons. The molecule has 18 unspecified atom stereocenters. The van der Waals surface area contributed by atoms with Crippen molar-refractivity contribution in [3.63, 3.8) is 0 Å². The van der Waals surface area contributed by atoms with Crippen LogP contribution in [0.3, 0.4) is 0 Å². The van der Waals surface area contributed by atoms with Gasteiger partial charge in [0.25, 0.3) is 0 Å². The van der Waals surface area contributed by atoms with Gasteiger partial charge in [-0.05, 0) is 153 Å². The molecule has 0 aromatic carbocycles. The van der Waals surface area contributed by atoms with Crippen LogP contribution in [0.15, 0.2) is 5.11 Å². The highest BCUT2D eigenvalue weighted by atomic mass is 16.7. The molecule has 9 fully saturated rings. The first-order valence-electron chi connectivity index (χ1n) is 36.2. The summed E-state index contributed by atoms with van der Waals surface area (Å²) in [6, 6.07) is 0. The third-order valence-corrected chi connectivity index (χ3v) is 20.6. The maximum absolute atomic E-state index is 15.8. The van der Waals surface area contributed by atoms with Gasteiger partial charge in [-0.25, -0.2) is 0 Å². The molecule has 0 aliphatic carbocycles. The minimum Gasteiger partial charge on any atom is -0.463 e. The molecule has 0 radical (unpaired) electrons. The van der Waals surface area contributed by atoms with Gasteiger partial charge in [0.05, 0.1) is 126 Å². The number of carbonyl (C=O) groups is 10. The third kappa shape index (κ3) is 24.8. The molecule has 0 amide bonds. The van der Waals surface area contributed by atoms with Gasteiger partial charge in [-0.2, -0.15) is 0 Å². The molecule has 9 saturated heterocycles. The van der Waals surface area contributed by atoms with Crippen molar-refractivity contribution in [2.24, 2.45) is 59.3 Å². The van der Waals surface area contributed by atoms with Gasteiger partial charge in [0.15, 0.2) is 0 Å². The van der Waals surface area contributed by atoms with Crippen LogP contribution in [0.4, 0.5) is 0 Å². The third-order valence-electron chi connectivity index (χ3n) is 20.6. The van der Waals surface area contributed by atoms with Gasteiger partial charge in [0.2, 0.25) is 0 Å². The van der Waals surface area contributed by atoms with E-state index in [1.165, 1.54) is 41.5 Å². The van der Waals surface area contributed by atoms with Crippen LogP contribution in [0, 0.1) is 54.1 Å². The average Bonchev–Trinajstić information content (AvgIpc) is 1.11. The van der Waals surface area contributed by atoms with E-state index < -0.39 is 220 Å². The lowest BCUT2D eigenvalue weighted by molar-refractivity contribution is -0.177. The maximum atomic E-state index is 15.8. The predicted octanol–water partition coefficient (Wildman–Crippen LogP) is 4.68. The Morgan fingerprint density at radius 3 is 0.724 bits per heavy atom. The Hall–Kier alpha value is -6.39. The highest BCUT2D eigenvalue weighted by Gasteiger charge is 2.62. The van der Waals surface area contributed by atoms with Crippen LogP contribution in [-0.4, -0.2) is 258 Å². The lowest BCUT2D eigenvalue weighted by Crippen LogP contribution is -2.51. The van der Waals surface area contributed by atoms with Crippen LogP contribution in [-0.2, 0) is 138 Å². The first kappa shape index (κ1) is 82.7. The number of hydrogen-bond acceptors (Lipinski definition) is 31. The number of aliphatic hydroxyl groups excluding tert-OH is 1. The standard InChI is InChI=1S/C72H107N3O30/c1-63(2,53(77)96-16-43(76)15-74-75-73)13-14-65(5,55(79)98-27-45-18-88-45)36-67(7,57(81)100-29-47-20-90-47)38-69(9,59(83)102-31-49-22-92-49)40-71(11,61(85)104-33-51-24-94-51)42-72(12,62(86)105-34-52-25-95-52)41-70(10,60(84)103-32-50-23-93-50)39-68(8,58(82)101-30-48-21-91-48)37-66(6,56(80)99-28-46-19-89-46)35-64(3,4)54(78)97-26-44-17-87-44/h43-52,76H,13-42H2,1-12H3. The lowest BCUT2D eigenvalue weighted by atomic mass is 9.56. The summed E-state index contributed by atoms with van der Waals surface area (Å²) in [5.74, 6) is -8.72. The van der Waals surface area contributed by atoms with Crippen molar-refractivity contribution in [3.05, 3.63) is 10.4 Å². The molecule has 1 N–H and O–H groups in total. The van der Waals surface area contributed by atoms with Crippen molar-refractivity contribution in [3.8, 4) is 0 Å². The van der Waals surface area contributed by atoms with Gasteiger partial charge < -0.3 is 95.1 Å². The van der Waals surface area contributed by atoms with E-state index >= 15 is 28.8 Å². The van der Waals surface area contributed by atoms with Crippen molar-refractivity contribution < 1.29 is 143 Å². The largest absolute Gasteiger partial charge is 0.463 e. The van der Waals surface area contributed by atoms with Gasteiger partial charge in [-0.15, -0.1) is 0 Å². The van der Waals surface area contributed by atoms with Gasteiger partial charge in [0.1, 0.15) is 121 Å². The molecule has 18 atom stereocenters. The Balaban J connectivity index is 1.12. The SMILES string of the molecule is CC(C)(CCC(C)(CC(C)(CC(C)(CC(C)(CC(C)(CC(C)(CC(C)(CC(C)(CC(C)(C)C(=O)OCC1CO1)C(=O)OCC1CO1)C(=O)OCC1CO1)C(=O)OCC1CO1)C(=O)OCC1CO1)C(=O)OCC1CO1)C(=O)OCC1CO1)C(=O)OCC1CO1)C(=O)OCC1CO1)C(=O)OCC(O)CN=[N+]=[N-]. The average molecular weight is 1490 g/mol. The highest BCUT2D eigenvalue weighted by Crippen LogP contribution is 2.57. The first-order chi connectivity index (χ1) is 49.2. The Morgan fingerprint density at radius 1 is 0.314 bits per heavy atom.